The molecule has 3 atom stereocenters. The monoisotopic (exact) mass is 511 g/mol. The fourth-order valence-corrected chi connectivity index (χ4v) is 7.06. The number of β-lactam (4-membered cyclic amide) rings is 1. The van der Waals surface area contributed by atoms with E-state index in [2.05, 4.69) is 99.7 Å². The van der Waals surface area contributed by atoms with Gasteiger partial charge in [0.25, 0.3) is 0 Å². The molecule has 2 aliphatic heterocycles. The predicted molar refractivity (Wildman–Crippen MR) is 139 cm³/mol. The quantitative estimate of drug-likeness (QED) is 0.262. The zero-order valence-electron chi connectivity index (χ0n) is 17.9. The van der Waals surface area contributed by atoms with E-state index in [4.69, 9.17) is 0 Å². The average Bonchev–Trinajstić information content (AvgIpc) is 2.98. The Morgan fingerprint density at radius 2 is 1.39 bits per heavy atom. The molecule has 162 valence electrons. The van der Waals surface area contributed by atoms with Gasteiger partial charge in [-0.05, 0) is 47.4 Å². The Morgan fingerprint density at radius 1 is 0.758 bits per heavy atom. The first-order valence-electron chi connectivity index (χ1n) is 11.1. The number of carbonyl (C=O) groups is 1. The lowest BCUT2D eigenvalue weighted by molar-refractivity contribution is -0.131. The van der Waals surface area contributed by atoms with Crippen molar-refractivity contribution in [2.75, 3.05) is 4.90 Å². The molecule has 2 aliphatic rings. The van der Waals surface area contributed by atoms with Crippen LogP contribution in [0, 0.1) is 0 Å². The molecule has 0 radical (unpaired) electrons. The van der Waals surface area contributed by atoms with Gasteiger partial charge >= 0.3 is 0 Å². The fraction of sp³-hybridized carbons (Fsp3) is 0.138. The highest BCUT2D eigenvalue weighted by Crippen LogP contribution is 2.63. The number of benzene rings is 4. The molecule has 2 nitrogen and oxygen atoms in total. The maximum absolute atomic E-state index is 13.9. The lowest BCUT2D eigenvalue weighted by atomic mass is 9.63. The molecule has 0 unspecified atom stereocenters. The van der Waals surface area contributed by atoms with Crippen LogP contribution in [0.1, 0.15) is 34.3 Å². The van der Waals surface area contributed by atoms with E-state index in [1.54, 1.807) is 0 Å². The van der Waals surface area contributed by atoms with Crippen molar-refractivity contribution in [3.63, 3.8) is 0 Å². The first-order valence-corrected chi connectivity index (χ1v) is 12.8. The Hall–Kier alpha value is -2.82. The number of para-hydroxylation sites is 1. The molecule has 2 heterocycles. The van der Waals surface area contributed by atoms with Crippen molar-refractivity contribution in [1.29, 1.82) is 0 Å². The standard InChI is InChI=1S/C29H22BrNOS/c30-23-17-15-20(16-18-23)26-19-29(22-11-5-2-6-12-22)27(21-9-3-1-4-10-21)28(32)31(29)24-13-7-8-14-25(24)33-26/h1-18,26-27H,19H2/t26-,27+,29+/m1/s1. The van der Waals surface area contributed by atoms with Crippen LogP contribution < -0.4 is 4.90 Å². The summed E-state index contributed by atoms with van der Waals surface area (Å²) in [4.78, 5) is 17.1. The molecule has 4 aromatic carbocycles. The summed E-state index contributed by atoms with van der Waals surface area (Å²) in [6.07, 6.45) is 0.837. The van der Waals surface area contributed by atoms with E-state index < -0.39 is 5.54 Å². The van der Waals surface area contributed by atoms with E-state index in [1.165, 1.54) is 11.1 Å². The molecule has 0 aromatic heterocycles. The molecule has 4 heteroatoms. The highest BCUT2D eigenvalue weighted by Gasteiger charge is 2.63. The van der Waals surface area contributed by atoms with E-state index in [0.29, 0.717) is 0 Å². The number of halogens is 1. The maximum atomic E-state index is 13.9. The fourth-order valence-electron chi connectivity index (χ4n) is 5.42. The highest BCUT2D eigenvalue weighted by atomic mass is 79.9. The number of rotatable bonds is 3. The predicted octanol–water partition coefficient (Wildman–Crippen LogP) is 7.71. The van der Waals surface area contributed by atoms with Crippen molar-refractivity contribution in [1.82, 2.24) is 0 Å². The van der Waals surface area contributed by atoms with Gasteiger partial charge in [0.05, 0.1) is 17.1 Å². The van der Waals surface area contributed by atoms with Crippen molar-refractivity contribution in [2.45, 2.75) is 28.0 Å². The van der Waals surface area contributed by atoms with Crippen LogP contribution in [0.5, 0.6) is 0 Å². The zero-order valence-corrected chi connectivity index (χ0v) is 20.3. The molecule has 33 heavy (non-hydrogen) atoms. The number of carbonyl (C=O) groups excluding carboxylic acids is 1. The molecule has 0 N–H and O–H groups in total. The number of anilines is 1. The molecule has 1 amide bonds. The van der Waals surface area contributed by atoms with Gasteiger partial charge in [0.2, 0.25) is 5.91 Å². The molecule has 1 saturated heterocycles. The Morgan fingerprint density at radius 3 is 2.12 bits per heavy atom. The number of nitrogens with zero attached hydrogens (tertiary/aromatic N) is 1. The molecule has 0 saturated carbocycles. The first kappa shape index (κ1) is 20.8. The molecule has 0 bridgehead atoms. The van der Waals surface area contributed by atoms with E-state index in [-0.39, 0.29) is 17.1 Å². The van der Waals surface area contributed by atoms with Gasteiger partial charge < -0.3 is 0 Å². The van der Waals surface area contributed by atoms with Gasteiger partial charge in [0, 0.05) is 14.6 Å². The third-order valence-corrected chi connectivity index (χ3v) is 8.72. The summed E-state index contributed by atoms with van der Waals surface area (Å²) in [5, 5.41) is 0.212. The third-order valence-electron chi connectivity index (χ3n) is 6.86. The van der Waals surface area contributed by atoms with Crippen LogP contribution >= 0.6 is 27.7 Å². The SMILES string of the molecule is O=C1[C@H](c2ccccc2)[C@@]2(c3ccccc3)C[C@H](c3ccc(Br)cc3)Sc3ccccc3N12. The summed E-state index contributed by atoms with van der Waals surface area (Å²) in [6, 6.07) is 37.9. The smallest absolute Gasteiger partial charge is 0.238 e. The molecular formula is C29H22BrNOS. The number of thioether (sulfide) groups is 1. The molecule has 0 aliphatic carbocycles. The van der Waals surface area contributed by atoms with Crippen LogP contribution in [0.2, 0.25) is 0 Å². The molecular weight excluding hydrogens is 490 g/mol. The Kier molecular flexibility index (Phi) is 5.16. The van der Waals surface area contributed by atoms with Crippen LogP contribution in [-0.4, -0.2) is 5.91 Å². The van der Waals surface area contributed by atoms with Crippen molar-refractivity contribution in [2.24, 2.45) is 0 Å². The second-order valence-corrected chi connectivity index (χ2v) is 10.8. The summed E-state index contributed by atoms with van der Waals surface area (Å²) in [6.45, 7) is 0. The first-order chi connectivity index (χ1) is 16.2. The van der Waals surface area contributed by atoms with Crippen LogP contribution in [0.15, 0.2) is 119 Å². The van der Waals surface area contributed by atoms with Gasteiger partial charge in [0.15, 0.2) is 0 Å². The van der Waals surface area contributed by atoms with Crippen LogP contribution in [0.3, 0.4) is 0 Å². The van der Waals surface area contributed by atoms with Crippen molar-refractivity contribution in [3.8, 4) is 0 Å². The van der Waals surface area contributed by atoms with Gasteiger partial charge in [-0.2, -0.15) is 0 Å². The van der Waals surface area contributed by atoms with Gasteiger partial charge in [0.1, 0.15) is 0 Å². The maximum Gasteiger partial charge on any atom is 0.238 e. The van der Waals surface area contributed by atoms with Crippen LogP contribution in [-0.2, 0) is 10.3 Å². The Balaban J connectivity index is 1.60. The normalized spacial score (nSPS) is 23.8. The topological polar surface area (TPSA) is 20.3 Å². The minimum atomic E-state index is -0.447. The van der Waals surface area contributed by atoms with E-state index in [0.717, 1.165) is 27.0 Å². The highest BCUT2D eigenvalue weighted by molar-refractivity contribution is 9.10. The van der Waals surface area contributed by atoms with E-state index in [1.807, 2.05) is 42.1 Å². The molecule has 1 fully saturated rings. The largest absolute Gasteiger partial charge is 0.299 e. The lowest BCUT2D eigenvalue weighted by Gasteiger charge is -2.58. The summed E-state index contributed by atoms with van der Waals surface area (Å²) in [5.74, 6) is -0.0413. The van der Waals surface area contributed by atoms with Gasteiger partial charge in [-0.25, -0.2) is 0 Å². The lowest BCUT2D eigenvalue weighted by Crippen LogP contribution is -2.67. The van der Waals surface area contributed by atoms with Crippen LogP contribution in [0.4, 0.5) is 5.69 Å². The second-order valence-electron chi connectivity index (χ2n) is 8.64. The number of amides is 1. The van der Waals surface area contributed by atoms with Crippen LogP contribution in [0.25, 0.3) is 0 Å². The zero-order chi connectivity index (χ0) is 22.4. The second kappa shape index (κ2) is 8.19. The van der Waals surface area contributed by atoms with E-state index >= 15 is 0 Å². The summed E-state index contributed by atoms with van der Waals surface area (Å²) >= 11 is 5.45. The van der Waals surface area contributed by atoms with Crippen molar-refractivity contribution >= 4 is 39.3 Å². The minimum Gasteiger partial charge on any atom is -0.299 e. The Bertz CT molecular complexity index is 1310. The summed E-state index contributed by atoms with van der Waals surface area (Å²) in [7, 11) is 0. The van der Waals surface area contributed by atoms with Gasteiger partial charge in [-0.3, -0.25) is 9.69 Å². The summed E-state index contributed by atoms with van der Waals surface area (Å²) < 4.78 is 1.07. The molecule has 4 aromatic rings. The van der Waals surface area contributed by atoms with Crippen molar-refractivity contribution in [3.05, 3.63) is 130 Å². The average molecular weight is 512 g/mol. The minimum absolute atomic E-state index is 0.176. The molecule has 6 rings (SSSR count). The molecule has 0 spiro atoms. The number of hydrogen-bond acceptors (Lipinski definition) is 2. The van der Waals surface area contributed by atoms with Gasteiger partial charge in [-0.15, -0.1) is 11.8 Å². The Labute approximate surface area is 206 Å². The number of hydrogen-bond donors (Lipinski definition) is 0. The third kappa shape index (κ3) is 3.27. The van der Waals surface area contributed by atoms with Crippen molar-refractivity contribution < 1.29 is 4.79 Å². The summed E-state index contributed by atoms with van der Waals surface area (Å²) in [5.41, 5.74) is 4.13. The number of fused-ring (bicyclic) bond motifs is 3. The van der Waals surface area contributed by atoms with Gasteiger partial charge in [-0.1, -0.05) is 101 Å². The van der Waals surface area contributed by atoms with E-state index in [9.17, 15) is 4.79 Å².